The molecule has 4 aromatic rings. The molecule has 0 radical (unpaired) electrons. The molecule has 0 aromatic heterocycles. The quantitative estimate of drug-likeness (QED) is 0.307. The molecule has 0 heterocycles. The first-order chi connectivity index (χ1) is 17.5. The van der Waals surface area contributed by atoms with Gasteiger partial charge in [0, 0.05) is 18.8 Å². The minimum absolute atomic E-state index is 0.133. The van der Waals surface area contributed by atoms with E-state index in [0.29, 0.717) is 0 Å². The number of nitrogens with one attached hydrogen (secondary N) is 1. The fraction of sp³-hybridized carbons (Fsp3) is 0.129. The second-order valence-corrected chi connectivity index (χ2v) is 12.2. The molecule has 0 fully saturated rings. The number of rotatable bonds is 7. The van der Waals surface area contributed by atoms with Crippen molar-refractivity contribution < 1.29 is 9.59 Å². The minimum Gasteiger partial charge on any atom is -0.350 e. The predicted octanol–water partition coefficient (Wildman–Crippen LogP) is 4.34. The van der Waals surface area contributed by atoms with E-state index >= 15 is 0 Å². The number of carbonyl (C=O) groups excluding carboxylic acids is 2. The van der Waals surface area contributed by atoms with Crippen molar-refractivity contribution >= 4 is 45.6 Å². The van der Waals surface area contributed by atoms with Crippen LogP contribution in [-0.4, -0.2) is 30.2 Å². The summed E-state index contributed by atoms with van der Waals surface area (Å²) < 4.78 is 0. The third-order valence-corrected chi connectivity index (χ3v) is 10.3. The summed E-state index contributed by atoms with van der Waals surface area (Å²) in [7, 11) is 1.73. The number of amides is 2. The van der Waals surface area contributed by atoms with Gasteiger partial charge in [-0.15, -0.1) is 0 Å². The van der Waals surface area contributed by atoms with Gasteiger partial charge in [0.15, 0.2) is 0 Å². The Labute approximate surface area is 213 Å². The summed E-state index contributed by atoms with van der Waals surface area (Å²) in [6, 6.07) is 39.2. The lowest BCUT2D eigenvalue weighted by Crippen LogP contribution is -2.49. The molecule has 0 saturated carbocycles. The Bertz CT molecular complexity index is 1270. The Morgan fingerprint density at radius 3 is 1.36 bits per heavy atom. The average Bonchev–Trinajstić information content (AvgIpc) is 2.92. The first-order valence-electron chi connectivity index (χ1n) is 12.0. The van der Waals surface area contributed by atoms with Crippen molar-refractivity contribution in [3.63, 3.8) is 0 Å². The van der Waals surface area contributed by atoms with Crippen molar-refractivity contribution in [2.75, 3.05) is 11.9 Å². The summed E-state index contributed by atoms with van der Waals surface area (Å²) in [5, 5.41) is 6.15. The molecule has 1 N–H and O–H groups in total. The van der Waals surface area contributed by atoms with Crippen LogP contribution in [0.25, 0.3) is 0 Å². The fourth-order valence-corrected chi connectivity index (χ4v) is 8.77. The van der Waals surface area contributed by atoms with Gasteiger partial charge in [-0.05, 0) is 48.8 Å². The molecule has 0 aliphatic heterocycles. The van der Waals surface area contributed by atoms with Crippen LogP contribution in [0, 0.1) is 0 Å². The molecular formula is C31H31N2O2P. The van der Waals surface area contributed by atoms with Gasteiger partial charge in [-0.3, -0.25) is 9.59 Å². The average molecular weight is 495 g/mol. The Morgan fingerprint density at radius 2 is 1.00 bits per heavy atom. The summed E-state index contributed by atoms with van der Waals surface area (Å²) in [6.07, 6.45) is 0. The maximum Gasteiger partial charge on any atom is 0.264 e. The first-order valence-corrected chi connectivity index (χ1v) is 13.8. The van der Waals surface area contributed by atoms with Crippen molar-refractivity contribution in [2.24, 2.45) is 0 Å². The normalized spacial score (nSPS) is 11.1. The topological polar surface area (TPSA) is 49.4 Å². The van der Waals surface area contributed by atoms with Crippen LogP contribution in [-0.2, 0) is 9.59 Å². The molecule has 36 heavy (non-hydrogen) atoms. The minimum atomic E-state index is -2.89. The van der Waals surface area contributed by atoms with Crippen LogP contribution < -0.4 is 26.1 Å². The molecule has 4 aromatic carbocycles. The second kappa shape index (κ2) is 11.2. The van der Waals surface area contributed by atoms with Gasteiger partial charge >= 0.3 is 0 Å². The second-order valence-electron chi connectivity index (χ2n) is 8.85. The van der Waals surface area contributed by atoms with Crippen LogP contribution in [0.15, 0.2) is 121 Å². The highest BCUT2D eigenvalue weighted by molar-refractivity contribution is 7.97. The Hall–Kier alpha value is -3.88. The van der Waals surface area contributed by atoms with Crippen molar-refractivity contribution in [3.05, 3.63) is 121 Å². The van der Waals surface area contributed by atoms with E-state index in [1.807, 2.05) is 135 Å². The van der Waals surface area contributed by atoms with Crippen LogP contribution in [0.3, 0.4) is 0 Å². The van der Waals surface area contributed by atoms with Gasteiger partial charge in [-0.2, -0.15) is 0 Å². The summed E-state index contributed by atoms with van der Waals surface area (Å²) in [4.78, 5) is 30.2. The number of para-hydroxylation sites is 1. The molecule has 0 bridgehead atoms. The predicted molar refractivity (Wildman–Crippen MR) is 153 cm³/mol. The third kappa shape index (κ3) is 4.91. The van der Waals surface area contributed by atoms with Crippen LogP contribution in [0.2, 0.25) is 0 Å². The number of hydrogen-bond acceptors (Lipinski definition) is 2. The van der Waals surface area contributed by atoms with Crippen LogP contribution >= 0.6 is 6.89 Å². The molecular weight excluding hydrogens is 463 g/mol. The van der Waals surface area contributed by atoms with E-state index in [2.05, 4.69) is 5.32 Å². The summed E-state index contributed by atoms with van der Waals surface area (Å²) in [5.74, 6) is -0.660. The molecule has 182 valence electrons. The van der Waals surface area contributed by atoms with Gasteiger partial charge in [0.2, 0.25) is 0 Å². The van der Waals surface area contributed by atoms with E-state index in [1.165, 1.54) is 0 Å². The maximum atomic E-state index is 14.5. The van der Waals surface area contributed by atoms with Gasteiger partial charge in [0.1, 0.15) is 5.29 Å². The summed E-state index contributed by atoms with van der Waals surface area (Å²) >= 11 is 0. The smallest absolute Gasteiger partial charge is 0.264 e. The highest BCUT2D eigenvalue weighted by Gasteiger charge is 2.38. The summed E-state index contributed by atoms with van der Waals surface area (Å²) in [6.45, 7) is 0.930. The van der Waals surface area contributed by atoms with Gasteiger partial charge in [-0.25, -0.2) is 0 Å². The molecule has 0 spiro atoms. The maximum absolute atomic E-state index is 14.5. The lowest BCUT2D eigenvalue weighted by atomic mass is 10.2. The monoisotopic (exact) mass is 494 g/mol. The molecule has 0 aliphatic rings. The molecule has 0 unspecified atom stereocenters. The zero-order valence-corrected chi connectivity index (χ0v) is 21.7. The van der Waals surface area contributed by atoms with Gasteiger partial charge in [0.25, 0.3) is 11.8 Å². The molecule has 0 atom stereocenters. The van der Waals surface area contributed by atoms with E-state index in [9.17, 15) is 9.59 Å². The van der Waals surface area contributed by atoms with E-state index < -0.39 is 6.89 Å². The van der Waals surface area contributed by atoms with Crippen molar-refractivity contribution in [1.29, 1.82) is 0 Å². The van der Waals surface area contributed by atoms with Gasteiger partial charge in [0.05, 0.1) is 0 Å². The van der Waals surface area contributed by atoms with Crippen molar-refractivity contribution in [3.8, 4) is 0 Å². The highest BCUT2D eigenvalue weighted by atomic mass is 31.2. The Kier molecular flexibility index (Phi) is 7.87. The molecule has 2 amide bonds. The van der Waals surface area contributed by atoms with Crippen molar-refractivity contribution in [1.82, 2.24) is 5.32 Å². The van der Waals surface area contributed by atoms with E-state index in [0.717, 1.165) is 21.6 Å². The molecule has 0 aliphatic carbocycles. The van der Waals surface area contributed by atoms with Crippen LogP contribution in [0.1, 0.15) is 13.8 Å². The standard InChI is InChI=1S/C31H31N2O2P/c1-24(2)32-30(34)29(31(35)33(3)25-16-8-4-9-17-25)36(26-18-10-5-11-19-26,27-20-12-6-13-21-27)28-22-14-7-15-23-28/h4-24H,1-3H3,(H,32,34). The zero-order chi connectivity index (χ0) is 25.5. The third-order valence-electron chi connectivity index (χ3n) is 6.05. The molecule has 4 rings (SSSR count). The Balaban J connectivity index is 2.20. The van der Waals surface area contributed by atoms with Gasteiger partial charge < -0.3 is 10.2 Å². The number of anilines is 1. The number of nitrogens with zero attached hydrogens (tertiary/aromatic N) is 1. The van der Waals surface area contributed by atoms with Gasteiger partial charge in [-0.1, -0.05) is 109 Å². The van der Waals surface area contributed by atoms with Crippen LogP contribution in [0.5, 0.6) is 0 Å². The summed E-state index contributed by atoms with van der Waals surface area (Å²) in [5.41, 5.74) is 0.727. The number of carbonyl (C=O) groups is 2. The van der Waals surface area contributed by atoms with E-state index in [4.69, 9.17) is 0 Å². The van der Waals surface area contributed by atoms with Crippen LogP contribution in [0.4, 0.5) is 5.69 Å². The molecule has 5 heteroatoms. The first kappa shape index (κ1) is 25.2. The van der Waals surface area contributed by atoms with Crippen molar-refractivity contribution in [2.45, 2.75) is 19.9 Å². The Morgan fingerprint density at radius 1 is 0.639 bits per heavy atom. The highest BCUT2D eigenvalue weighted by Crippen LogP contribution is 2.46. The zero-order valence-electron chi connectivity index (χ0n) is 20.8. The van der Waals surface area contributed by atoms with E-state index in [-0.39, 0.29) is 23.1 Å². The number of benzene rings is 4. The fourth-order valence-electron chi connectivity index (χ4n) is 4.44. The van der Waals surface area contributed by atoms with E-state index in [1.54, 1.807) is 11.9 Å². The lowest BCUT2D eigenvalue weighted by molar-refractivity contribution is -0.117. The largest absolute Gasteiger partial charge is 0.350 e. The SMILES string of the molecule is CC(C)NC(=O)C(C(=O)N(C)c1ccccc1)=P(c1ccccc1)(c1ccccc1)c1ccccc1. The molecule has 4 nitrogen and oxygen atoms in total. The molecule has 0 saturated heterocycles. The number of hydrogen-bond donors (Lipinski definition) is 1. The lowest BCUT2D eigenvalue weighted by Gasteiger charge is -2.33.